The van der Waals surface area contributed by atoms with E-state index in [-0.39, 0.29) is 11.3 Å². The summed E-state index contributed by atoms with van der Waals surface area (Å²) < 4.78 is 24.5. The lowest BCUT2D eigenvalue weighted by molar-refractivity contribution is 0.463. The fourth-order valence-electron chi connectivity index (χ4n) is 2.36. The highest BCUT2D eigenvalue weighted by Crippen LogP contribution is 2.37. The van der Waals surface area contributed by atoms with E-state index in [1.165, 1.54) is 0 Å². The minimum atomic E-state index is -3.19. The molecule has 0 amide bonds. The van der Waals surface area contributed by atoms with Gasteiger partial charge in [-0.05, 0) is 50.1 Å². The molecule has 1 aliphatic heterocycles. The first kappa shape index (κ1) is 13.8. The van der Waals surface area contributed by atoms with Crippen LogP contribution in [-0.4, -0.2) is 20.2 Å². The Kier molecular flexibility index (Phi) is 3.99. The SMILES string of the molecule is CCCNC1CC(C)S(=O)(=O)c2ccc(Cl)cc21. The van der Waals surface area contributed by atoms with Crippen molar-refractivity contribution in [1.29, 1.82) is 0 Å². The van der Waals surface area contributed by atoms with Crippen LogP contribution in [0.5, 0.6) is 0 Å². The highest BCUT2D eigenvalue weighted by Gasteiger charge is 2.35. The monoisotopic (exact) mass is 287 g/mol. The molecule has 0 aromatic heterocycles. The molecule has 0 fully saturated rings. The molecule has 5 heteroatoms. The van der Waals surface area contributed by atoms with E-state index in [0.717, 1.165) is 18.5 Å². The molecule has 2 atom stereocenters. The summed E-state index contributed by atoms with van der Waals surface area (Å²) >= 11 is 5.98. The van der Waals surface area contributed by atoms with Gasteiger partial charge >= 0.3 is 0 Å². The van der Waals surface area contributed by atoms with E-state index in [1.54, 1.807) is 25.1 Å². The van der Waals surface area contributed by atoms with Gasteiger partial charge in [0.05, 0.1) is 10.1 Å². The van der Waals surface area contributed by atoms with E-state index in [9.17, 15) is 8.42 Å². The molecule has 1 aliphatic rings. The van der Waals surface area contributed by atoms with Gasteiger partial charge in [-0.15, -0.1) is 0 Å². The van der Waals surface area contributed by atoms with Gasteiger partial charge in [0.15, 0.2) is 9.84 Å². The van der Waals surface area contributed by atoms with Crippen LogP contribution in [0.3, 0.4) is 0 Å². The topological polar surface area (TPSA) is 46.2 Å². The lowest BCUT2D eigenvalue weighted by atomic mass is 10.0. The maximum atomic E-state index is 12.3. The summed E-state index contributed by atoms with van der Waals surface area (Å²) in [4.78, 5) is 0.430. The zero-order valence-electron chi connectivity index (χ0n) is 10.6. The van der Waals surface area contributed by atoms with E-state index in [4.69, 9.17) is 11.6 Å². The van der Waals surface area contributed by atoms with Gasteiger partial charge in [0.25, 0.3) is 0 Å². The predicted octanol–water partition coefficient (Wildman–Crippen LogP) is 2.95. The largest absolute Gasteiger partial charge is 0.310 e. The second-order valence-electron chi connectivity index (χ2n) is 4.78. The number of hydrogen-bond donors (Lipinski definition) is 1. The molecule has 2 unspecified atom stereocenters. The summed E-state index contributed by atoms with van der Waals surface area (Å²) in [5.74, 6) is 0. The normalized spacial score (nSPS) is 25.7. The summed E-state index contributed by atoms with van der Waals surface area (Å²) in [6.45, 7) is 4.74. The molecule has 0 saturated carbocycles. The standard InChI is InChI=1S/C13H18ClNO2S/c1-3-6-15-12-7-9(2)18(16,17)13-5-4-10(14)8-11(12)13/h4-5,8-9,12,15H,3,6-7H2,1-2H3. The Morgan fingerprint density at radius 1 is 1.44 bits per heavy atom. The maximum absolute atomic E-state index is 12.3. The van der Waals surface area contributed by atoms with Gasteiger partial charge in [0, 0.05) is 11.1 Å². The Hall–Kier alpha value is -0.580. The molecule has 0 radical (unpaired) electrons. The average molecular weight is 288 g/mol. The summed E-state index contributed by atoms with van der Waals surface area (Å²) in [6.07, 6.45) is 1.63. The quantitative estimate of drug-likeness (QED) is 0.930. The molecule has 1 heterocycles. The number of hydrogen-bond acceptors (Lipinski definition) is 3. The van der Waals surface area contributed by atoms with Gasteiger partial charge in [-0.1, -0.05) is 18.5 Å². The van der Waals surface area contributed by atoms with E-state index >= 15 is 0 Å². The highest BCUT2D eigenvalue weighted by atomic mass is 35.5. The van der Waals surface area contributed by atoms with Crippen LogP contribution in [0.25, 0.3) is 0 Å². The first-order valence-electron chi connectivity index (χ1n) is 6.23. The summed E-state index contributed by atoms with van der Waals surface area (Å²) in [5.41, 5.74) is 0.814. The summed E-state index contributed by atoms with van der Waals surface area (Å²) in [6, 6.07) is 5.13. The van der Waals surface area contributed by atoms with Crippen molar-refractivity contribution >= 4 is 21.4 Å². The van der Waals surface area contributed by atoms with Crippen LogP contribution in [0.2, 0.25) is 5.02 Å². The Morgan fingerprint density at radius 2 is 2.17 bits per heavy atom. The van der Waals surface area contributed by atoms with E-state index in [1.807, 2.05) is 0 Å². The lowest BCUT2D eigenvalue weighted by Gasteiger charge is -2.30. The number of rotatable bonds is 3. The first-order chi connectivity index (χ1) is 8.46. The van der Waals surface area contributed by atoms with Crippen molar-refractivity contribution in [2.45, 2.75) is 42.9 Å². The second-order valence-corrected chi connectivity index (χ2v) is 7.55. The molecule has 0 aliphatic carbocycles. The second kappa shape index (κ2) is 5.19. The molecule has 3 nitrogen and oxygen atoms in total. The average Bonchev–Trinajstić information content (AvgIpc) is 2.32. The third-order valence-electron chi connectivity index (χ3n) is 3.39. The molecule has 0 saturated heterocycles. The van der Waals surface area contributed by atoms with Gasteiger partial charge in [-0.3, -0.25) is 0 Å². The molecule has 2 rings (SSSR count). The van der Waals surface area contributed by atoms with Gasteiger partial charge < -0.3 is 5.32 Å². The summed E-state index contributed by atoms with van der Waals surface area (Å²) in [7, 11) is -3.19. The molecule has 0 bridgehead atoms. The van der Waals surface area contributed by atoms with Gasteiger partial charge in [-0.2, -0.15) is 0 Å². The van der Waals surface area contributed by atoms with Gasteiger partial charge in [0.2, 0.25) is 0 Å². The number of fused-ring (bicyclic) bond motifs is 1. The van der Waals surface area contributed by atoms with Gasteiger partial charge in [0.1, 0.15) is 0 Å². The molecule has 0 spiro atoms. The Morgan fingerprint density at radius 3 is 2.83 bits per heavy atom. The third kappa shape index (κ3) is 2.42. The molecule has 1 aromatic carbocycles. The molecule has 18 heavy (non-hydrogen) atoms. The number of benzene rings is 1. The number of nitrogens with one attached hydrogen (secondary N) is 1. The molecular formula is C13H18ClNO2S. The van der Waals surface area contributed by atoms with Crippen LogP contribution in [-0.2, 0) is 9.84 Å². The molecule has 1 N–H and O–H groups in total. The van der Waals surface area contributed by atoms with Crippen molar-refractivity contribution < 1.29 is 8.42 Å². The van der Waals surface area contributed by atoms with Crippen LogP contribution in [0.1, 0.15) is 38.3 Å². The predicted molar refractivity (Wildman–Crippen MR) is 73.8 cm³/mol. The highest BCUT2D eigenvalue weighted by molar-refractivity contribution is 7.92. The fourth-order valence-corrected chi connectivity index (χ4v) is 4.21. The first-order valence-corrected chi connectivity index (χ1v) is 8.16. The van der Waals surface area contributed by atoms with Crippen molar-refractivity contribution in [2.75, 3.05) is 6.54 Å². The van der Waals surface area contributed by atoms with E-state index in [0.29, 0.717) is 16.3 Å². The maximum Gasteiger partial charge on any atom is 0.181 e. The van der Waals surface area contributed by atoms with Crippen LogP contribution in [0, 0.1) is 0 Å². The van der Waals surface area contributed by atoms with Crippen molar-refractivity contribution in [1.82, 2.24) is 5.32 Å². The zero-order chi connectivity index (χ0) is 13.3. The number of halogens is 1. The Balaban J connectivity index is 2.48. The van der Waals surface area contributed by atoms with E-state index < -0.39 is 9.84 Å². The van der Waals surface area contributed by atoms with Crippen molar-refractivity contribution in [2.24, 2.45) is 0 Å². The number of sulfone groups is 1. The van der Waals surface area contributed by atoms with Crippen molar-refractivity contribution in [3.8, 4) is 0 Å². The zero-order valence-corrected chi connectivity index (χ0v) is 12.2. The van der Waals surface area contributed by atoms with Crippen LogP contribution >= 0.6 is 11.6 Å². The fraction of sp³-hybridized carbons (Fsp3) is 0.538. The van der Waals surface area contributed by atoms with Gasteiger partial charge in [-0.25, -0.2) is 8.42 Å². The molecular weight excluding hydrogens is 270 g/mol. The Bertz CT molecular complexity index is 542. The minimum Gasteiger partial charge on any atom is -0.310 e. The van der Waals surface area contributed by atoms with Crippen molar-refractivity contribution in [3.63, 3.8) is 0 Å². The van der Waals surface area contributed by atoms with Crippen LogP contribution in [0.15, 0.2) is 23.1 Å². The van der Waals surface area contributed by atoms with Crippen molar-refractivity contribution in [3.05, 3.63) is 28.8 Å². The smallest absolute Gasteiger partial charge is 0.181 e. The van der Waals surface area contributed by atoms with Crippen LogP contribution < -0.4 is 5.32 Å². The Labute approximate surface area is 113 Å². The minimum absolute atomic E-state index is 0.0807. The van der Waals surface area contributed by atoms with Crippen LogP contribution in [0.4, 0.5) is 0 Å². The van der Waals surface area contributed by atoms with E-state index in [2.05, 4.69) is 12.2 Å². The molecule has 100 valence electrons. The third-order valence-corrected chi connectivity index (χ3v) is 5.86. The lowest BCUT2D eigenvalue weighted by Crippen LogP contribution is -2.34. The summed E-state index contributed by atoms with van der Waals surface area (Å²) in [5, 5.41) is 3.64. The molecule has 1 aromatic rings.